The molecule has 4 heteroatoms. The van der Waals surface area contributed by atoms with Gasteiger partial charge in [-0.25, -0.2) is 15.0 Å². The molecule has 0 amide bonds. The summed E-state index contributed by atoms with van der Waals surface area (Å²) in [7, 11) is 0. The van der Waals surface area contributed by atoms with Gasteiger partial charge in [-0.3, -0.25) is 0 Å². The highest BCUT2D eigenvalue weighted by Gasteiger charge is 2.21. The summed E-state index contributed by atoms with van der Waals surface area (Å²) in [6.45, 7) is 0. The number of nitrogens with zero attached hydrogens (tertiary/aromatic N) is 3. The van der Waals surface area contributed by atoms with E-state index in [0.717, 1.165) is 77.0 Å². The topological polar surface area (TPSA) is 51.8 Å². The van der Waals surface area contributed by atoms with Crippen LogP contribution in [-0.4, -0.2) is 15.0 Å². The Morgan fingerprint density at radius 3 is 1.59 bits per heavy atom. The van der Waals surface area contributed by atoms with Crippen molar-refractivity contribution < 1.29 is 4.42 Å². The van der Waals surface area contributed by atoms with E-state index in [1.165, 1.54) is 27.3 Å². The lowest BCUT2D eigenvalue weighted by molar-refractivity contribution is 0.670. The molecule has 0 atom stereocenters. The summed E-state index contributed by atoms with van der Waals surface area (Å²) in [5.74, 6) is 1.81. The second-order valence-electron chi connectivity index (χ2n) is 15.5. The van der Waals surface area contributed by atoms with Crippen LogP contribution in [0.15, 0.2) is 217 Å². The monoisotopic (exact) mass is 777 g/mol. The van der Waals surface area contributed by atoms with Gasteiger partial charge < -0.3 is 4.42 Å². The Morgan fingerprint density at radius 1 is 0.279 bits per heavy atom. The molecule has 4 nitrogen and oxygen atoms in total. The molecular weight excluding hydrogens is 743 g/mol. The van der Waals surface area contributed by atoms with E-state index in [4.69, 9.17) is 19.4 Å². The Labute approximate surface area is 352 Å². The van der Waals surface area contributed by atoms with Crippen molar-refractivity contribution in [2.75, 3.05) is 0 Å². The second kappa shape index (κ2) is 14.3. The number of rotatable bonds is 6. The third-order valence-corrected chi connectivity index (χ3v) is 12.0. The van der Waals surface area contributed by atoms with Crippen LogP contribution in [0.2, 0.25) is 0 Å². The minimum atomic E-state index is 0.586. The molecule has 0 fully saturated rings. The van der Waals surface area contributed by atoms with E-state index in [0.29, 0.717) is 17.5 Å². The number of furan rings is 1. The minimum absolute atomic E-state index is 0.586. The smallest absolute Gasteiger partial charge is 0.164 e. The van der Waals surface area contributed by atoms with Crippen molar-refractivity contribution in [2.24, 2.45) is 0 Å². The Hall–Kier alpha value is -8.21. The fraction of sp³-hybridized carbons (Fsp3) is 0. The van der Waals surface area contributed by atoms with Gasteiger partial charge in [0, 0.05) is 33.0 Å². The van der Waals surface area contributed by atoms with Crippen LogP contribution in [0.1, 0.15) is 0 Å². The molecule has 10 aromatic carbocycles. The van der Waals surface area contributed by atoms with Gasteiger partial charge in [0.05, 0.1) is 0 Å². The summed E-state index contributed by atoms with van der Waals surface area (Å²) in [6.07, 6.45) is 0. The maximum atomic E-state index is 6.79. The van der Waals surface area contributed by atoms with Crippen molar-refractivity contribution in [3.8, 4) is 67.5 Å². The first-order valence-corrected chi connectivity index (χ1v) is 20.6. The van der Waals surface area contributed by atoms with Gasteiger partial charge in [-0.2, -0.15) is 0 Å². The van der Waals surface area contributed by atoms with E-state index in [1.54, 1.807) is 0 Å². The number of fused-ring (bicyclic) bond motifs is 7. The molecule has 0 aliphatic heterocycles. The number of para-hydroxylation sites is 1. The molecule has 2 aromatic heterocycles. The lowest BCUT2D eigenvalue weighted by atomic mass is 9.95. The van der Waals surface area contributed by atoms with E-state index in [2.05, 4.69) is 194 Å². The van der Waals surface area contributed by atoms with Gasteiger partial charge in [0.1, 0.15) is 11.2 Å². The van der Waals surface area contributed by atoms with Crippen LogP contribution in [0, 0.1) is 0 Å². The Morgan fingerprint density at radius 2 is 0.787 bits per heavy atom. The fourth-order valence-electron chi connectivity index (χ4n) is 9.00. The molecule has 12 aromatic rings. The van der Waals surface area contributed by atoms with Crippen LogP contribution in [0.25, 0.3) is 122 Å². The van der Waals surface area contributed by atoms with E-state index in [1.807, 2.05) is 18.2 Å². The normalized spacial score (nSPS) is 11.6. The molecule has 0 saturated heterocycles. The van der Waals surface area contributed by atoms with Crippen LogP contribution in [-0.2, 0) is 0 Å². The minimum Gasteiger partial charge on any atom is -0.455 e. The molecule has 0 radical (unpaired) electrons. The van der Waals surface area contributed by atoms with Gasteiger partial charge in [0.25, 0.3) is 0 Å². The molecule has 12 rings (SSSR count). The average molecular weight is 778 g/mol. The highest BCUT2D eigenvalue weighted by atomic mass is 16.3. The Balaban J connectivity index is 1.03. The summed E-state index contributed by atoms with van der Waals surface area (Å²) in [6, 6.07) is 74.5. The number of hydrogen-bond donors (Lipinski definition) is 0. The first-order valence-electron chi connectivity index (χ1n) is 20.6. The van der Waals surface area contributed by atoms with Crippen LogP contribution in [0.3, 0.4) is 0 Å². The predicted molar refractivity (Wildman–Crippen MR) is 252 cm³/mol. The summed E-state index contributed by atoms with van der Waals surface area (Å²) in [5.41, 5.74) is 11.2. The number of benzene rings is 10. The highest BCUT2D eigenvalue weighted by molar-refractivity contribution is 6.16. The first-order chi connectivity index (χ1) is 30.2. The molecule has 0 aliphatic rings. The summed E-state index contributed by atoms with van der Waals surface area (Å²) in [5, 5.41) is 9.03. The van der Waals surface area contributed by atoms with Crippen molar-refractivity contribution in [3.63, 3.8) is 0 Å². The standard InChI is InChI=1S/C57H35N3O/c1-2-13-36(14-3-1)37-27-33-41(34-28-37)55-58-56(60-57(59-55)51-35-42-16-5-7-19-45(42)47-20-8-9-21-48(47)51)50-25-12-26-52-53(50)49-24-11-23-46(54(49)61-52)40-31-29-39(30-32-40)44-22-10-17-38-15-4-6-18-43(38)44/h1-35H. The molecule has 0 bridgehead atoms. The molecule has 61 heavy (non-hydrogen) atoms. The highest BCUT2D eigenvalue weighted by Crippen LogP contribution is 2.42. The first kappa shape index (κ1) is 34.8. The lowest BCUT2D eigenvalue weighted by Crippen LogP contribution is -2.01. The molecular formula is C57H35N3O. The van der Waals surface area contributed by atoms with Gasteiger partial charge in [0.2, 0.25) is 0 Å². The van der Waals surface area contributed by atoms with Gasteiger partial charge in [-0.05, 0) is 72.3 Å². The second-order valence-corrected chi connectivity index (χ2v) is 15.5. The van der Waals surface area contributed by atoms with Crippen LogP contribution in [0.4, 0.5) is 0 Å². The zero-order chi connectivity index (χ0) is 40.3. The third-order valence-electron chi connectivity index (χ3n) is 12.0. The SMILES string of the molecule is c1ccc(-c2ccc(-c3nc(-c4cc5ccccc5c5ccccc45)nc(-c4cccc5oc6c(-c7ccc(-c8cccc9ccccc89)cc7)cccc6c45)n3)cc2)cc1. The van der Waals surface area contributed by atoms with Crippen molar-refractivity contribution in [2.45, 2.75) is 0 Å². The molecule has 0 saturated carbocycles. The molecule has 0 unspecified atom stereocenters. The van der Waals surface area contributed by atoms with Crippen molar-refractivity contribution >= 4 is 54.3 Å². The summed E-state index contributed by atoms with van der Waals surface area (Å²) < 4.78 is 6.79. The third kappa shape index (κ3) is 5.96. The van der Waals surface area contributed by atoms with E-state index >= 15 is 0 Å². The van der Waals surface area contributed by atoms with Crippen molar-refractivity contribution in [1.29, 1.82) is 0 Å². The van der Waals surface area contributed by atoms with Gasteiger partial charge in [-0.1, -0.05) is 200 Å². The molecule has 0 spiro atoms. The van der Waals surface area contributed by atoms with Gasteiger partial charge >= 0.3 is 0 Å². The number of aromatic nitrogens is 3. The van der Waals surface area contributed by atoms with Gasteiger partial charge in [-0.15, -0.1) is 0 Å². The molecule has 0 N–H and O–H groups in total. The number of hydrogen-bond acceptors (Lipinski definition) is 4. The molecule has 0 aliphatic carbocycles. The van der Waals surface area contributed by atoms with Gasteiger partial charge in [0.15, 0.2) is 17.5 Å². The maximum absolute atomic E-state index is 6.79. The molecule has 2 heterocycles. The molecule has 284 valence electrons. The average Bonchev–Trinajstić information content (AvgIpc) is 3.73. The van der Waals surface area contributed by atoms with Crippen LogP contribution < -0.4 is 0 Å². The Bertz CT molecular complexity index is 3620. The fourth-order valence-corrected chi connectivity index (χ4v) is 9.00. The quantitative estimate of drug-likeness (QED) is 0.158. The summed E-state index contributed by atoms with van der Waals surface area (Å²) >= 11 is 0. The van der Waals surface area contributed by atoms with E-state index in [9.17, 15) is 0 Å². The Kier molecular flexibility index (Phi) is 8.13. The van der Waals surface area contributed by atoms with E-state index < -0.39 is 0 Å². The largest absolute Gasteiger partial charge is 0.455 e. The van der Waals surface area contributed by atoms with Crippen molar-refractivity contribution in [3.05, 3.63) is 212 Å². The van der Waals surface area contributed by atoms with Crippen molar-refractivity contribution in [1.82, 2.24) is 15.0 Å². The maximum Gasteiger partial charge on any atom is 0.164 e. The summed E-state index contributed by atoms with van der Waals surface area (Å²) in [4.78, 5) is 15.8. The van der Waals surface area contributed by atoms with E-state index in [-0.39, 0.29) is 0 Å². The lowest BCUT2D eigenvalue weighted by Gasteiger charge is -2.13. The van der Waals surface area contributed by atoms with Crippen LogP contribution in [0.5, 0.6) is 0 Å². The zero-order valence-corrected chi connectivity index (χ0v) is 33.0. The van der Waals surface area contributed by atoms with Crippen LogP contribution >= 0.6 is 0 Å². The predicted octanol–water partition coefficient (Wildman–Crippen LogP) is 15.2. The zero-order valence-electron chi connectivity index (χ0n) is 33.0.